The van der Waals surface area contributed by atoms with Crippen molar-refractivity contribution < 1.29 is 14.4 Å². The zero-order valence-corrected chi connectivity index (χ0v) is 6.71. The molecule has 0 unspecified atom stereocenters. The van der Waals surface area contributed by atoms with Crippen LogP contribution in [0.1, 0.15) is 11.5 Å². The van der Waals surface area contributed by atoms with Gasteiger partial charge in [-0.15, -0.1) is 0 Å². The van der Waals surface area contributed by atoms with Crippen molar-refractivity contribution in [2.24, 2.45) is 0 Å². The zero-order valence-electron chi connectivity index (χ0n) is 6.71. The van der Waals surface area contributed by atoms with Crippen LogP contribution in [0.2, 0.25) is 0 Å². The molecule has 66 valence electrons. The Morgan fingerprint density at radius 3 is 2.67 bits per heavy atom. The Labute approximate surface area is 68.5 Å². The Balaban J connectivity index is 2.68. The highest BCUT2D eigenvalue weighted by Crippen LogP contribution is 2.16. The lowest BCUT2D eigenvalue weighted by molar-refractivity contribution is 0.197. The Kier molecular flexibility index (Phi) is 2.18. The van der Waals surface area contributed by atoms with Gasteiger partial charge in [-0.3, -0.25) is 5.43 Å². The Morgan fingerprint density at radius 1 is 1.58 bits per heavy atom. The molecule has 0 saturated heterocycles. The minimum atomic E-state index is -1.16. The van der Waals surface area contributed by atoms with Crippen LogP contribution < -0.4 is 10.9 Å². The summed E-state index contributed by atoms with van der Waals surface area (Å²) < 4.78 is 4.78. The summed E-state index contributed by atoms with van der Waals surface area (Å²) in [5.74, 6) is 0.543. The first kappa shape index (κ1) is 8.38. The molecule has 12 heavy (non-hydrogen) atoms. The molecule has 0 radical (unpaired) electrons. The number of amides is 1. The predicted octanol–water partition coefficient (Wildman–Crippen LogP) is 0.886. The summed E-state index contributed by atoms with van der Waals surface area (Å²) in [6.07, 6.45) is -1.16. The van der Waals surface area contributed by atoms with E-state index < -0.39 is 6.09 Å². The molecule has 1 heterocycles. The molecule has 0 spiro atoms. The largest absolute Gasteiger partial charge is 0.464 e. The van der Waals surface area contributed by atoms with Gasteiger partial charge in [-0.05, 0) is 13.8 Å². The Hall–Kier alpha value is -1.72. The molecular weight excluding hydrogens is 162 g/mol. The molecule has 6 nitrogen and oxygen atoms in total. The summed E-state index contributed by atoms with van der Waals surface area (Å²) in [5, 5.41) is 11.9. The molecule has 0 aromatic carbocycles. The molecule has 1 aromatic rings. The molecule has 1 amide bonds. The van der Waals surface area contributed by atoms with E-state index in [-0.39, 0.29) is 0 Å². The lowest BCUT2D eigenvalue weighted by atomic mass is 10.3. The second-order valence-electron chi connectivity index (χ2n) is 2.25. The molecule has 0 fully saturated rings. The van der Waals surface area contributed by atoms with Crippen molar-refractivity contribution in [2.75, 3.05) is 5.43 Å². The van der Waals surface area contributed by atoms with Crippen LogP contribution in [-0.4, -0.2) is 16.4 Å². The highest BCUT2D eigenvalue weighted by Gasteiger charge is 2.08. The van der Waals surface area contributed by atoms with Gasteiger partial charge in [-0.1, -0.05) is 5.16 Å². The number of aryl methyl sites for hydroxylation is 2. The van der Waals surface area contributed by atoms with Crippen LogP contribution in [0, 0.1) is 13.8 Å². The van der Waals surface area contributed by atoms with Gasteiger partial charge in [-0.25, -0.2) is 10.2 Å². The number of hydrogen-bond donors (Lipinski definition) is 3. The third-order valence-corrected chi connectivity index (χ3v) is 1.33. The van der Waals surface area contributed by atoms with Crippen LogP contribution in [-0.2, 0) is 0 Å². The van der Waals surface area contributed by atoms with E-state index in [1.54, 1.807) is 13.8 Å². The first-order valence-electron chi connectivity index (χ1n) is 3.29. The highest BCUT2D eigenvalue weighted by atomic mass is 16.5. The van der Waals surface area contributed by atoms with Crippen molar-refractivity contribution in [3.63, 3.8) is 0 Å². The van der Waals surface area contributed by atoms with Crippen LogP contribution in [0.15, 0.2) is 4.52 Å². The maximum Gasteiger partial charge on any atom is 0.423 e. The molecule has 0 saturated carbocycles. The summed E-state index contributed by atoms with van der Waals surface area (Å²) in [4.78, 5) is 10.1. The topological polar surface area (TPSA) is 87.4 Å². The van der Waals surface area contributed by atoms with Crippen LogP contribution >= 0.6 is 0 Å². The van der Waals surface area contributed by atoms with Crippen LogP contribution in [0.4, 0.5) is 10.5 Å². The molecule has 3 N–H and O–H groups in total. The summed E-state index contributed by atoms with van der Waals surface area (Å²) in [6, 6.07) is 0. The van der Waals surface area contributed by atoms with Crippen molar-refractivity contribution in [1.29, 1.82) is 0 Å². The van der Waals surface area contributed by atoms with E-state index in [0.717, 1.165) is 0 Å². The monoisotopic (exact) mass is 171 g/mol. The SMILES string of the molecule is Cc1noc(C)c1NNC(=O)O. The van der Waals surface area contributed by atoms with E-state index in [1.165, 1.54) is 0 Å². The van der Waals surface area contributed by atoms with Gasteiger partial charge in [0.05, 0.1) is 0 Å². The number of aromatic nitrogens is 1. The maximum atomic E-state index is 10.1. The van der Waals surface area contributed by atoms with E-state index in [0.29, 0.717) is 17.1 Å². The van der Waals surface area contributed by atoms with Crippen molar-refractivity contribution in [3.8, 4) is 0 Å². The van der Waals surface area contributed by atoms with Crippen LogP contribution in [0.25, 0.3) is 0 Å². The number of anilines is 1. The maximum absolute atomic E-state index is 10.1. The van der Waals surface area contributed by atoms with Gasteiger partial charge in [0, 0.05) is 0 Å². The average molecular weight is 171 g/mol. The van der Waals surface area contributed by atoms with Gasteiger partial charge >= 0.3 is 6.09 Å². The molecule has 0 atom stereocenters. The first-order chi connectivity index (χ1) is 5.61. The molecular formula is C6H9N3O3. The number of carboxylic acid groups (broad SMARTS) is 1. The highest BCUT2D eigenvalue weighted by molar-refractivity contribution is 5.67. The quantitative estimate of drug-likeness (QED) is 0.575. The Morgan fingerprint density at radius 2 is 2.25 bits per heavy atom. The van der Waals surface area contributed by atoms with Crippen LogP contribution in [0.5, 0.6) is 0 Å². The van der Waals surface area contributed by atoms with Crippen molar-refractivity contribution in [3.05, 3.63) is 11.5 Å². The van der Waals surface area contributed by atoms with Gasteiger partial charge in [0.1, 0.15) is 11.4 Å². The van der Waals surface area contributed by atoms with Gasteiger partial charge in [0.2, 0.25) is 0 Å². The smallest absolute Gasteiger partial charge is 0.423 e. The number of hydrazine groups is 1. The second-order valence-corrected chi connectivity index (χ2v) is 2.25. The van der Waals surface area contributed by atoms with Crippen molar-refractivity contribution >= 4 is 11.8 Å². The van der Waals surface area contributed by atoms with E-state index in [4.69, 9.17) is 9.63 Å². The number of carbonyl (C=O) groups is 1. The molecule has 0 bridgehead atoms. The van der Waals surface area contributed by atoms with Gasteiger partial charge in [0.15, 0.2) is 5.76 Å². The molecule has 0 aliphatic rings. The summed E-state index contributed by atoms with van der Waals surface area (Å²) >= 11 is 0. The lowest BCUT2D eigenvalue weighted by Crippen LogP contribution is -2.27. The fourth-order valence-electron chi connectivity index (χ4n) is 0.777. The van der Waals surface area contributed by atoms with Gasteiger partial charge in [0.25, 0.3) is 0 Å². The number of rotatable bonds is 2. The van der Waals surface area contributed by atoms with Gasteiger partial charge < -0.3 is 9.63 Å². The van der Waals surface area contributed by atoms with E-state index in [1.807, 2.05) is 5.43 Å². The summed E-state index contributed by atoms with van der Waals surface area (Å²) in [7, 11) is 0. The van der Waals surface area contributed by atoms with E-state index in [2.05, 4.69) is 10.6 Å². The second kappa shape index (κ2) is 3.12. The third-order valence-electron chi connectivity index (χ3n) is 1.33. The van der Waals surface area contributed by atoms with Crippen LogP contribution in [0.3, 0.4) is 0 Å². The predicted molar refractivity (Wildman–Crippen MR) is 40.8 cm³/mol. The summed E-state index contributed by atoms with van der Waals surface area (Å²) in [5.41, 5.74) is 5.62. The third kappa shape index (κ3) is 1.66. The van der Waals surface area contributed by atoms with Crippen molar-refractivity contribution in [2.45, 2.75) is 13.8 Å². The fourth-order valence-corrected chi connectivity index (χ4v) is 0.777. The van der Waals surface area contributed by atoms with Gasteiger partial charge in [-0.2, -0.15) is 0 Å². The first-order valence-corrected chi connectivity index (χ1v) is 3.29. The van der Waals surface area contributed by atoms with Crippen molar-refractivity contribution in [1.82, 2.24) is 10.6 Å². The molecule has 1 rings (SSSR count). The standard InChI is InChI=1S/C6H9N3O3/c1-3-5(4(2)12-9-3)7-8-6(10)11/h7-8H,1-2H3,(H,10,11). The average Bonchev–Trinajstić information content (AvgIpc) is 2.28. The lowest BCUT2D eigenvalue weighted by Gasteiger charge is -2.02. The normalized spacial score (nSPS) is 9.50. The number of nitrogens with one attached hydrogen (secondary N) is 2. The molecule has 0 aliphatic carbocycles. The minimum Gasteiger partial charge on any atom is -0.464 e. The Bertz CT molecular complexity index is 275. The molecule has 6 heteroatoms. The molecule has 1 aromatic heterocycles. The number of nitrogens with zero attached hydrogens (tertiary/aromatic N) is 1. The van der Waals surface area contributed by atoms with E-state index in [9.17, 15) is 4.79 Å². The fraction of sp³-hybridized carbons (Fsp3) is 0.333. The minimum absolute atomic E-state index is 0.543. The zero-order chi connectivity index (χ0) is 9.14. The van der Waals surface area contributed by atoms with E-state index >= 15 is 0 Å². The molecule has 0 aliphatic heterocycles. The number of hydrogen-bond acceptors (Lipinski definition) is 4. The summed E-state index contributed by atoms with van der Waals surface area (Å²) in [6.45, 7) is 3.40.